The average molecular weight is 315 g/mol. The molecule has 6 nitrogen and oxygen atoms in total. The molecule has 3 aromatic carbocycles. The van der Waals surface area contributed by atoms with Gasteiger partial charge in [-0.25, -0.2) is 4.68 Å². The molecule has 0 aliphatic heterocycles. The number of nitrogens with zero attached hydrogens (tertiary/aromatic N) is 4. The van der Waals surface area contributed by atoms with Gasteiger partial charge in [0.25, 0.3) is 5.91 Å². The van der Waals surface area contributed by atoms with E-state index in [0.717, 1.165) is 22.1 Å². The highest BCUT2D eigenvalue weighted by Gasteiger charge is 2.08. The zero-order chi connectivity index (χ0) is 16.4. The van der Waals surface area contributed by atoms with E-state index in [1.165, 1.54) is 11.0 Å². The molecule has 24 heavy (non-hydrogen) atoms. The van der Waals surface area contributed by atoms with Crippen molar-refractivity contribution in [1.82, 2.24) is 20.2 Å². The fourth-order valence-corrected chi connectivity index (χ4v) is 2.54. The Hall–Kier alpha value is -3.54. The molecule has 6 heteroatoms. The molecule has 1 heterocycles. The Morgan fingerprint density at radius 3 is 2.62 bits per heavy atom. The van der Waals surface area contributed by atoms with Crippen LogP contribution in [0.4, 0.5) is 5.69 Å². The first kappa shape index (κ1) is 14.1. The van der Waals surface area contributed by atoms with Gasteiger partial charge >= 0.3 is 0 Å². The van der Waals surface area contributed by atoms with Crippen molar-refractivity contribution in [3.05, 3.63) is 78.6 Å². The third kappa shape index (κ3) is 2.72. The van der Waals surface area contributed by atoms with E-state index < -0.39 is 0 Å². The van der Waals surface area contributed by atoms with Crippen molar-refractivity contribution in [3.8, 4) is 5.69 Å². The number of carbonyl (C=O) groups excluding carboxylic acids is 1. The van der Waals surface area contributed by atoms with Crippen LogP contribution in [-0.2, 0) is 0 Å². The highest BCUT2D eigenvalue weighted by molar-refractivity contribution is 6.05. The first-order chi connectivity index (χ1) is 11.8. The summed E-state index contributed by atoms with van der Waals surface area (Å²) in [6, 6.07) is 21.0. The van der Waals surface area contributed by atoms with Crippen molar-refractivity contribution in [2.24, 2.45) is 0 Å². The highest BCUT2D eigenvalue weighted by Crippen LogP contribution is 2.19. The lowest BCUT2D eigenvalue weighted by molar-refractivity contribution is 0.102. The molecule has 1 amide bonds. The van der Waals surface area contributed by atoms with Crippen LogP contribution >= 0.6 is 0 Å². The molecule has 1 aromatic heterocycles. The number of benzene rings is 3. The van der Waals surface area contributed by atoms with Crippen molar-refractivity contribution >= 4 is 22.4 Å². The minimum Gasteiger partial charge on any atom is -0.322 e. The van der Waals surface area contributed by atoms with Gasteiger partial charge in [0.2, 0.25) is 0 Å². The minimum atomic E-state index is -0.180. The Morgan fingerprint density at radius 2 is 1.79 bits per heavy atom. The maximum Gasteiger partial charge on any atom is 0.255 e. The molecule has 0 unspecified atom stereocenters. The van der Waals surface area contributed by atoms with Crippen molar-refractivity contribution in [2.75, 3.05) is 5.32 Å². The summed E-state index contributed by atoms with van der Waals surface area (Å²) in [6.45, 7) is 0. The summed E-state index contributed by atoms with van der Waals surface area (Å²) in [6.07, 6.45) is 1.49. The SMILES string of the molecule is O=C(Nc1ccc2ccccc2c1)c1cccc(-n2cnnn2)c1. The van der Waals surface area contributed by atoms with Gasteiger partial charge in [-0.05, 0) is 51.5 Å². The van der Waals surface area contributed by atoms with Gasteiger partial charge in [-0.1, -0.05) is 36.4 Å². The van der Waals surface area contributed by atoms with Crippen LogP contribution in [0.5, 0.6) is 0 Å². The fraction of sp³-hybridized carbons (Fsp3) is 0. The lowest BCUT2D eigenvalue weighted by Crippen LogP contribution is -2.12. The van der Waals surface area contributed by atoms with E-state index in [2.05, 4.69) is 20.8 Å². The van der Waals surface area contributed by atoms with E-state index >= 15 is 0 Å². The van der Waals surface area contributed by atoms with E-state index in [0.29, 0.717) is 5.56 Å². The van der Waals surface area contributed by atoms with E-state index in [9.17, 15) is 4.79 Å². The lowest BCUT2D eigenvalue weighted by Gasteiger charge is -2.08. The molecule has 0 bridgehead atoms. The van der Waals surface area contributed by atoms with Gasteiger partial charge in [-0.2, -0.15) is 0 Å². The van der Waals surface area contributed by atoms with Gasteiger partial charge in [-0.15, -0.1) is 5.10 Å². The van der Waals surface area contributed by atoms with Gasteiger partial charge in [0.15, 0.2) is 0 Å². The number of tetrazole rings is 1. The second-order valence-corrected chi connectivity index (χ2v) is 5.32. The molecule has 116 valence electrons. The topological polar surface area (TPSA) is 72.7 Å². The first-order valence-electron chi connectivity index (χ1n) is 7.43. The van der Waals surface area contributed by atoms with Gasteiger partial charge in [0.1, 0.15) is 6.33 Å². The molecule has 0 fully saturated rings. The molecule has 4 aromatic rings. The summed E-state index contributed by atoms with van der Waals surface area (Å²) in [4.78, 5) is 12.5. The number of hydrogen-bond acceptors (Lipinski definition) is 4. The molecule has 4 rings (SSSR count). The number of fused-ring (bicyclic) bond motifs is 1. The Labute approximate surface area is 137 Å². The molecule has 0 saturated heterocycles. The number of nitrogens with one attached hydrogen (secondary N) is 1. The smallest absolute Gasteiger partial charge is 0.255 e. The monoisotopic (exact) mass is 315 g/mol. The third-order valence-corrected chi connectivity index (χ3v) is 3.73. The van der Waals surface area contributed by atoms with Crippen LogP contribution in [0.15, 0.2) is 73.1 Å². The van der Waals surface area contributed by atoms with Crippen LogP contribution in [0.1, 0.15) is 10.4 Å². The van der Waals surface area contributed by atoms with Crippen LogP contribution < -0.4 is 5.32 Å². The van der Waals surface area contributed by atoms with Gasteiger partial charge in [-0.3, -0.25) is 4.79 Å². The molecule has 0 atom stereocenters. The van der Waals surface area contributed by atoms with Crippen LogP contribution in [0.25, 0.3) is 16.5 Å². The van der Waals surface area contributed by atoms with Crippen LogP contribution in [-0.4, -0.2) is 26.1 Å². The largest absolute Gasteiger partial charge is 0.322 e. The Balaban J connectivity index is 1.60. The number of rotatable bonds is 3. The summed E-state index contributed by atoms with van der Waals surface area (Å²) in [5.74, 6) is -0.180. The van der Waals surface area contributed by atoms with Gasteiger partial charge in [0.05, 0.1) is 5.69 Å². The lowest BCUT2D eigenvalue weighted by atomic mass is 10.1. The molecule has 0 aliphatic rings. The van der Waals surface area contributed by atoms with Crippen LogP contribution in [0.2, 0.25) is 0 Å². The van der Waals surface area contributed by atoms with E-state index in [1.54, 1.807) is 18.2 Å². The molecule has 0 spiro atoms. The van der Waals surface area contributed by atoms with Crippen LogP contribution in [0, 0.1) is 0 Å². The van der Waals surface area contributed by atoms with Crippen molar-refractivity contribution in [2.45, 2.75) is 0 Å². The average Bonchev–Trinajstić information content (AvgIpc) is 3.16. The standard InChI is InChI=1S/C18H13N5O/c24-18(15-6-3-7-17(11-15)23-12-19-21-22-23)20-16-9-8-13-4-1-2-5-14(13)10-16/h1-12H,(H,20,24). The minimum absolute atomic E-state index is 0.180. The molecular formula is C18H13N5O. The molecular weight excluding hydrogens is 302 g/mol. The summed E-state index contributed by atoms with van der Waals surface area (Å²) in [5, 5.41) is 16.2. The zero-order valence-corrected chi connectivity index (χ0v) is 12.6. The normalized spacial score (nSPS) is 10.7. The number of aromatic nitrogens is 4. The second kappa shape index (κ2) is 5.92. The van der Waals surface area contributed by atoms with Crippen molar-refractivity contribution < 1.29 is 4.79 Å². The highest BCUT2D eigenvalue weighted by atomic mass is 16.1. The number of anilines is 1. The Kier molecular flexibility index (Phi) is 3.47. The quantitative estimate of drug-likeness (QED) is 0.630. The first-order valence-corrected chi connectivity index (χ1v) is 7.43. The van der Waals surface area contributed by atoms with Gasteiger partial charge in [0, 0.05) is 11.3 Å². The zero-order valence-electron chi connectivity index (χ0n) is 12.6. The number of amides is 1. The number of hydrogen-bond donors (Lipinski definition) is 1. The Bertz CT molecular complexity index is 1010. The maximum atomic E-state index is 12.5. The van der Waals surface area contributed by atoms with E-state index in [-0.39, 0.29) is 5.91 Å². The molecule has 0 radical (unpaired) electrons. The van der Waals surface area contributed by atoms with Crippen LogP contribution in [0.3, 0.4) is 0 Å². The second-order valence-electron chi connectivity index (χ2n) is 5.32. The summed E-state index contributed by atoms with van der Waals surface area (Å²) >= 11 is 0. The van der Waals surface area contributed by atoms with E-state index in [4.69, 9.17) is 0 Å². The van der Waals surface area contributed by atoms with Crippen molar-refractivity contribution in [3.63, 3.8) is 0 Å². The molecule has 0 aliphatic carbocycles. The van der Waals surface area contributed by atoms with E-state index in [1.807, 2.05) is 48.5 Å². The predicted octanol–water partition coefficient (Wildman–Crippen LogP) is 3.07. The number of carbonyl (C=O) groups is 1. The summed E-state index contributed by atoms with van der Waals surface area (Å²) in [7, 11) is 0. The molecule has 1 N–H and O–H groups in total. The van der Waals surface area contributed by atoms with Gasteiger partial charge < -0.3 is 5.32 Å². The maximum absolute atomic E-state index is 12.5. The third-order valence-electron chi connectivity index (χ3n) is 3.73. The summed E-state index contributed by atoms with van der Waals surface area (Å²) in [5.41, 5.74) is 2.02. The Morgan fingerprint density at radius 1 is 0.917 bits per heavy atom. The van der Waals surface area contributed by atoms with Crippen molar-refractivity contribution in [1.29, 1.82) is 0 Å². The summed E-state index contributed by atoms with van der Waals surface area (Å²) < 4.78 is 1.51. The predicted molar refractivity (Wildman–Crippen MR) is 91.1 cm³/mol. The fourth-order valence-electron chi connectivity index (χ4n) is 2.54. The molecule has 0 saturated carbocycles.